The summed E-state index contributed by atoms with van der Waals surface area (Å²) in [5, 5.41) is 4.16. The molecule has 1 fully saturated rings. The number of halogens is 2. The smallest absolute Gasteiger partial charge is 0.260 e. The van der Waals surface area contributed by atoms with Gasteiger partial charge in [0.05, 0.1) is 5.69 Å². The zero-order valence-corrected chi connectivity index (χ0v) is 21.6. The molecule has 0 aliphatic carbocycles. The predicted molar refractivity (Wildman–Crippen MR) is 149 cm³/mol. The molecule has 0 amide bonds. The first kappa shape index (κ1) is 25.2. The molecule has 1 aliphatic rings. The van der Waals surface area contributed by atoms with Gasteiger partial charge in [-0.05, 0) is 43.8 Å². The number of piperazine rings is 1. The van der Waals surface area contributed by atoms with E-state index < -0.39 is 0 Å². The third-order valence-electron chi connectivity index (χ3n) is 6.79. The van der Waals surface area contributed by atoms with Gasteiger partial charge in [0.25, 0.3) is 5.56 Å². The summed E-state index contributed by atoms with van der Waals surface area (Å²) in [5.41, 5.74) is 2.95. The summed E-state index contributed by atoms with van der Waals surface area (Å²) >= 11 is 6.38. The summed E-state index contributed by atoms with van der Waals surface area (Å²) in [5.74, 6) is -0.0256. The van der Waals surface area contributed by atoms with Crippen LogP contribution in [0.25, 0.3) is 22.2 Å². The lowest BCUT2D eigenvalue weighted by Gasteiger charge is -2.35. The van der Waals surface area contributed by atoms with Crippen LogP contribution in [-0.2, 0) is 6.54 Å². The number of hydrogen-bond acceptors (Lipinski definition) is 6. The first-order valence-corrected chi connectivity index (χ1v) is 12.8. The van der Waals surface area contributed by atoms with Crippen LogP contribution in [0.15, 0.2) is 53.5 Å². The van der Waals surface area contributed by atoms with E-state index >= 15 is 4.39 Å². The van der Waals surface area contributed by atoms with E-state index in [9.17, 15) is 4.79 Å². The van der Waals surface area contributed by atoms with Gasteiger partial charge in [-0.2, -0.15) is 4.98 Å². The number of aromatic nitrogens is 3. The fraction of sp³-hybridized carbons (Fsp3) is 0.296. The van der Waals surface area contributed by atoms with Crippen LogP contribution in [0.1, 0.15) is 13.8 Å². The van der Waals surface area contributed by atoms with Crippen LogP contribution in [0.2, 0.25) is 5.02 Å². The maximum atomic E-state index is 15.0. The maximum absolute atomic E-state index is 15.0. The molecule has 2 radical (unpaired) electrons. The summed E-state index contributed by atoms with van der Waals surface area (Å²) in [6.07, 6.45) is 1.64. The van der Waals surface area contributed by atoms with E-state index in [0.717, 1.165) is 32.7 Å². The standard InChI is InChI=1S/C27H27BClFN6O/c1-3-34-9-11-35(12-10-34)24-8-6-19(15-23(24)30)32-27-31-16-17-13-21(20-7-5-18(28)14-22(20)29)26(37)36(4-2)25(17)33-27/h5-8,13-16H,3-4,9-12H2,1-2H3,(H,31,32,33). The molecule has 1 aliphatic heterocycles. The lowest BCUT2D eigenvalue weighted by molar-refractivity contribution is 0.270. The van der Waals surface area contributed by atoms with Gasteiger partial charge < -0.3 is 15.1 Å². The van der Waals surface area contributed by atoms with Crippen molar-refractivity contribution in [1.29, 1.82) is 0 Å². The van der Waals surface area contributed by atoms with Crippen LogP contribution >= 0.6 is 11.6 Å². The Labute approximate surface area is 221 Å². The average Bonchev–Trinajstić information content (AvgIpc) is 2.89. The van der Waals surface area contributed by atoms with Crippen molar-refractivity contribution >= 4 is 53.3 Å². The third-order valence-corrected chi connectivity index (χ3v) is 7.10. The fourth-order valence-corrected chi connectivity index (χ4v) is 5.02. The molecule has 37 heavy (non-hydrogen) atoms. The van der Waals surface area contributed by atoms with Crippen molar-refractivity contribution in [3.8, 4) is 11.1 Å². The van der Waals surface area contributed by atoms with Gasteiger partial charge in [-0.25, -0.2) is 9.37 Å². The van der Waals surface area contributed by atoms with Crippen LogP contribution in [0.3, 0.4) is 0 Å². The van der Waals surface area contributed by atoms with Gasteiger partial charge >= 0.3 is 0 Å². The summed E-state index contributed by atoms with van der Waals surface area (Å²) in [6, 6.07) is 11.9. The highest BCUT2D eigenvalue weighted by Gasteiger charge is 2.19. The number of hydrogen-bond donors (Lipinski definition) is 1. The van der Waals surface area contributed by atoms with Gasteiger partial charge in [-0.15, -0.1) is 0 Å². The van der Waals surface area contributed by atoms with Crippen LogP contribution in [0.5, 0.6) is 0 Å². The van der Waals surface area contributed by atoms with E-state index in [-0.39, 0.29) is 17.3 Å². The zero-order valence-electron chi connectivity index (χ0n) is 20.8. The van der Waals surface area contributed by atoms with Gasteiger partial charge in [0.1, 0.15) is 19.3 Å². The number of pyridine rings is 1. The van der Waals surface area contributed by atoms with Gasteiger partial charge in [0.2, 0.25) is 5.95 Å². The first-order chi connectivity index (χ1) is 17.9. The van der Waals surface area contributed by atoms with Crippen molar-refractivity contribution in [2.75, 3.05) is 42.9 Å². The molecule has 7 nitrogen and oxygen atoms in total. The highest BCUT2D eigenvalue weighted by Crippen LogP contribution is 2.28. The second-order valence-electron chi connectivity index (χ2n) is 9.03. The lowest BCUT2D eigenvalue weighted by atomic mass is 9.93. The van der Waals surface area contributed by atoms with Crippen molar-refractivity contribution in [3.05, 3.63) is 69.9 Å². The molecule has 0 saturated carbocycles. The molecule has 1 saturated heterocycles. The summed E-state index contributed by atoms with van der Waals surface area (Å²) in [7, 11) is 5.81. The topological polar surface area (TPSA) is 66.3 Å². The Bertz CT molecular complexity index is 1520. The van der Waals surface area contributed by atoms with Crippen LogP contribution in [0, 0.1) is 5.82 Å². The van der Waals surface area contributed by atoms with Gasteiger partial charge in [0, 0.05) is 66.1 Å². The van der Waals surface area contributed by atoms with Gasteiger partial charge in [-0.3, -0.25) is 9.36 Å². The Morgan fingerprint density at radius 2 is 1.81 bits per heavy atom. The monoisotopic (exact) mass is 516 g/mol. The molecular formula is C27H27BClFN6O. The summed E-state index contributed by atoms with van der Waals surface area (Å²) in [6.45, 7) is 8.86. The second-order valence-corrected chi connectivity index (χ2v) is 9.44. The summed E-state index contributed by atoms with van der Waals surface area (Å²) < 4.78 is 16.6. The molecule has 0 atom stereocenters. The molecule has 10 heteroatoms. The zero-order chi connectivity index (χ0) is 26.1. The minimum Gasteiger partial charge on any atom is -0.367 e. The molecule has 3 heterocycles. The Morgan fingerprint density at radius 1 is 1.03 bits per heavy atom. The molecule has 2 aromatic heterocycles. The number of nitrogens with zero attached hydrogens (tertiary/aromatic N) is 5. The molecular weight excluding hydrogens is 490 g/mol. The molecule has 0 spiro atoms. The fourth-order valence-electron chi connectivity index (χ4n) is 4.73. The normalized spacial score (nSPS) is 14.3. The van der Waals surface area contributed by atoms with Crippen molar-refractivity contribution in [2.24, 2.45) is 0 Å². The number of rotatable bonds is 6. The molecule has 4 aromatic rings. The van der Waals surface area contributed by atoms with Crippen molar-refractivity contribution in [2.45, 2.75) is 20.4 Å². The molecule has 0 unspecified atom stereocenters. The van der Waals surface area contributed by atoms with Crippen molar-refractivity contribution < 1.29 is 4.39 Å². The molecule has 2 aromatic carbocycles. The number of fused-ring (bicyclic) bond motifs is 1. The van der Waals surface area contributed by atoms with E-state index in [1.807, 2.05) is 13.0 Å². The summed E-state index contributed by atoms with van der Waals surface area (Å²) in [4.78, 5) is 26.7. The number of anilines is 3. The highest BCUT2D eigenvalue weighted by molar-refractivity contribution is 6.37. The van der Waals surface area contributed by atoms with Crippen molar-refractivity contribution in [1.82, 2.24) is 19.4 Å². The number of aryl methyl sites for hydroxylation is 1. The Balaban J connectivity index is 1.43. The van der Waals surface area contributed by atoms with E-state index in [4.69, 9.17) is 19.4 Å². The highest BCUT2D eigenvalue weighted by atomic mass is 35.5. The average molecular weight is 517 g/mol. The quantitative estimate of drug-likeness (QED) is 0.392. The minimum absolute atomic E-state index is 0.218. The van der Waals surface area contributed by atoms with E-state index in [1.165, 1.54) is 6.07 Å². The SMILES string of the molecule is [B]c1ccc(-c2cc3cnc(Nc4ccc(N5CCN(CC)CC5)c(F)c4)nc3n(CC)c2=O)c(Cl)c1. The first-order valence-electron chi connectivity index (χ1n) is 12.4. The predicted octanol–water partition coefficient (Wildman–Crippen LogP) is 3.95. The van der Waals surface area contributed by atoms with Crippen molar-refractivity contribution in [3.63, 3.8) is 0 Å². The molecule has 5 rings (SSSR count). The molecule has 0 bridgehead atoms. The van der Waals surface area contributed by atoms with Crippen LogP contribution < -0.4 is 21.2 Å². The molecule has 188 valence electrons. The van der Waals surface area contributed by atoms with E-state index in [2.05, 4.69) is 32.0 Å². The Kier molecular flexibility index (Phi) is 7.17. The van der Waals surface area contributed by atoms with Crippen LogP contribution in [0.4, 0.5) is 21.7 Å². The number of likely N-dealkylation sites (N-methyl/N-ethyl adjacent to an activating group) is 1. The van der Waals surface area contributed by atoms with Gasteiger partial charge in [-0.1, -0.05) is 36.1 Å². The van der Waals surface area contributed by atoms with Crippen LogP contribution in [-0.4, -0.2) is 60.0 Å². The minimum atomic E-state index is -0.300. The number of benzene rings is 2. The lowest BCUT2D eigenvalue weighted by Crippen LogP contribution is -2.46. The molecule has 1 N–H and O–H groups in total. The number of nitrogens with one attached hydrogen (secondary N) is 1. The second kappa shape index (κ2) is 10.5. The van der Waals surface area contributed by atoms with Gasteiger partial charge in [0.15, 0.2) is 0 Å². The Hall–Kier alpha value is -3.43. The third kappa shape index (κ3) is 5.06. The van der Waals surface area contributed by atoms with E-state index in [0.29, 0.717) is 50.6 Å². The Morgan fingerprint density at radius 3 is 2.49 bits per heavy atom. The van der Waals surface area contributed by atoms with E-state index in [1.54, 1.807) is 41.1 Å². The largest absolute Gasteiger partial charge is 0.367 e. The maximum Gasteiger partial charge on any atom is 0.260 e.